The molecular formula is C73H100N10O6. The van der Waals surface area contributed by atoms with Gasteiger partial charge in [0.15, 0.2) is 17.2 Å². The lowest BCUT2D eigenvalue weighted by molar-refractivity contribution is -0.131. The summed E-state index contributed by atoms with van der Waals surface area (Å²) in [5.41, 5.74) is 6.10. The fourth-order valence-corrected chi connectivity index (χ4v) is 7.44. The van der Waals surface area contributed by atoms with Crippen molar-refractivity contribution in [1.29, 1.82) is 0 Å². The number of amides is 2. The summed E-state index contributed by atoms with van der Waals surface area (Å²) in [6.07, 6.45) is 46.1. The maximum atomic E-state index is 11.3. The third-order valence-electron chi connectivity index (χ3n) is 12.7. The molecule has 2 amide bonds. The molecular weight excluding hydrogens is 1110 g/mol. The Kier molecular flexibility index (Phi) is 28.3. The Morgan fingerprint density at radius 2 is 1.07 bits per heavy atom. The second-order valence-electron chi connectivity index (χ2n) is 29.1. The summed E-state index contributed by atoms with van der Waals surface area (Å²) in [6.45, 7) is 51.4. The maximum absolute atomic E-state index is 11.3. The van der Waals surface area contributed by atoms with Crippen molar-refractivity contribution < 1.29 is 27.5 Å². The van der Waals surface area contributed by atoms with Crippen LogP contribution in [0, 0.1) is 74.1 Å². The smallest absolute Gasteiger partial charge is 0.273 e. The molecule has 0 atom stereocenters. The number of hydrogen-bond acceptors (Lipinski definition) is 12. The van der Waals surface area contributed by atoms with Gasteiger partial charge in [-0.2, -0.15) is 5.10 Å². The Morgan fingerprint density at radius 1 is 0.528 bits per heavy atom. The third kappa shape index (κ3) is 26.5. The highest BCUT2D eigenvalue weighted by atomic mass is 16.5. The average Bonchev–Trinajstić information content (AvgIpc) is 3.18. The summed E-state index contributed by atoms with van der Waals surface area (Å²) in [6, 6.07) is 3.75. The molecule has 16 nitrogen and oxygen atoms in total. The minimum Gasteiger partial charge on any atom is -0.438 e. The van der Waals surface area contributed by atoms with Crippen molar-refractivity contribution in [3.8, 4) is 74.1 Å². The summed E-state index contributed by atoms with van der Waals surface area (Å²) in [5, 5.41) is 11.6. The zero-order chi connectivity index (χ0) is 68.9. The lowest BCUT2D eigenvalue weighted by atomic mass is 9.88. The standard InChI is InChI=1S/2C10H14N2.C9H15NO.4C9H11NO.C8H13NO/c1-6-9-11-8(7-12(9)5)10(2,3)4;1-6-8-7-9(10(2,3)4)12(5)11-8;1-9(2,3)10-7-5-4-6-8(10)11;1-5-8-10-7(6-11-8)9(2,3)4;1-5-8-10-6-7(11-8)9(2,3)4;1-5-8-7(6-11-10-8)9(2,3)4;1-5-7-6-8(11-10-7)9(2,3)4;1-8(2,3)9-6-4-5-7(9)10/h2*1,7H,2-5H3;4,6H,5,7H2,1-3H3;4*1,6H,2-4H3;4-5H,6H2,1-3H3. The summed E-state index contributed by atoms with van der Waals surface area (Å²) in [5.74, 6) is 18.0. The van der Waals surface area contributed by atoms with E-state index in [2.05, 4.69) is 170 Å². The molecule has 0 radical (unpaired) electrons. The Morgan fingerprint density at radius 3 is 1.35 bits per heavy atom. The summed E-state index contributed by atoms with van der Waals surface area (Å²) in [7, 11) is 3.83. The molecule has 0 unspecified atom stereocenters. The summed E-state index contributed by atoms with van der Waals surface area (Å²) < 4.78 is 23.8. The molecule has 6 aromatic heterocycles. The number of aryl methyl sites for hydroxylation is 2. The summed E-state index contributed by atoms with van der Waals surface area (Å²) >= 11 is 0. The van der Waals surface area contributed by atoms with Crippen LogP contribution in [0.25, 0.3) is 0 Å². The van der Waals surface area contributed by atoms with Gasteiger partial charge in [-0.3, -0.25) is 14.3 Å². The van der Waals surface area contributed by atoms with Crippen molar-refractivity contribution >= 4 is 11.8 Å². The van der Waals surface area contributed by atoms with Crippen molar-refractivity contribution in [1.82, 2.24) is 49.4 Å². The van der Waals surface area contributed by atoms with Gasteiger partial charge >= 0.3 is 0 Å². The van der Waals surface area contributed by atoms with E-state index >= 15 is 0 Å². The number of rotatable bonds is 0. The highest BCUT2D eigenvalue weighted by Crippen LogP contribution is 2.27. The number of hydrogen-bond donors (Lipinski definition) is 0. The van der Waals surface area contributed by atoms with Crippen LogP contribution in [0.1, 0.15) is 241 Å². The number of carbonyl (C=O) groups is 2. The molecule has 0 saturated carbocycles. The molecule has 16 heteroatoms. The Bertz CT molecular complexity index is 3410. The molecule has 0 bridgehead atoms. The monoisotopic (exact) mass is 1210 g/mol. The van der Waals surface area contributed by atoms with E-state index in [1.165, 1.54) is 0 Å². The van der Waals surface area contributed by atoms with E-state index in [-0.39, 0.29) is 55.4 Å². The zero-order valence-corrected chi connectivity index (χ0v) is 58.3. The third-order valence-corrected chi connectivity index (χ3v) is 12.7. The van der Waals surface area contributed by atoms with Gasteiger partial charge in [0.1, 0.15) is 29.7 Å². The fraction of sp³-hybridized carbons (Fsp3) is 0.507. The molecule has 0 saturated heterocycles. The van der Waals surface area contributed by atoms with Crippen LogP contribution >= 0.6 is 0 Å². The highest BCUT2D eigenvalue weighted by molar-refractivity contribution is 5.90. The van der Waals surface area contributed by atoms with Gasteiger partial charge < -0.3 is 32.2 Å². The van der Waals surface area contributed by atoms with Crippen LogP contribution in [-0.2, 0) is 56.2 Å². The molecule has 0 aliphatic carbocycles. The van der Waals surface area contributed by atoms with Crippen molar-refractivity contribution in [2.24, 2.45) is 14.1 Å². The number of nitrogens with zero attached hydrogens (tertiary/aromatic N) is 10. The first-order chi connectivity index (χ1) is 40.6. The number of oxazole rings is 2. The fourth-order valence-electron chi connectivity index (χ4n) is 7.44. The minimum atomic E-state index is -0.0272. The average molecular weight is 1210 g/mol. The van der Waals surface area contributed by atoms with Crippen LogP contribution in [0.3, 0.4) is 0 Å². The largest absolute Gasteiger partial charge is 0.438 e. The van der Waals surface area contributed by atoms with Gasteiger partial charge in [0, 0.05) is 94.9 Å². The van der Waals surface area contributed by atoms with Crippen molar-refractivity contribution in [2.45, 2.75) is 216 Å². The highest BCUT2D eigenvalue weighted by Gasteiger charge is 2.28. The molecule has 2 aliphatic rings. The number of carbonyl (C=O) groups excluding carboxylic acids is 2. The second kappa shape index (κ2) is 32.3. The van der Waals surface area contributed by atoms with E-state index in [1.54, 1.807) is 36.9 Å². The molecule has 0 aromatic carbocycles. The van der Waals surface area contributed by atoms with Gasteiger partial charge in [-0.15, -0.1) is 38.5 Å². The lowest BCUT2D eigenvalue weighted by Crippen LogP contribution is -2.46. The van der Waals surface area contributed by atoms with Crippen LogP contribution in [0.15, 0.2) is 79.2 Å². The maximum Gasteiger partial charge on any atom is 0.273 e. The van der Waals surface area contributed by atoms with E-state index in [0.717, 1.165) is 53.7 Å². The quantitative estimate of drug-likeness (QED) is 0.132. The van der Waals surface area contributed by atoms with Crippen LogP contribution in [-0.4, -0.2) is 85.4 Å². The van der Waals surface area contributed by atoms with Crippen LogP contribution in [0.4, 0.5) is 0 Å². The molecule has 0 N–H and O–H groups in total. The van der Waals surface area contributed by atoms with Gasteiger partial charge in [-0.05, 0) is 101 Å². The Balaban J connectivity index is 0.000000509. The lowest BCUT2D eigenvalue weighted by Gasteiger charge is -2.36. The van der Waals surface area contributed by atoms with E-state index < -0.39 is 0 Å². The van der Waals surface area contributed by atoms with Gasteiger partial charge in [0.05, 0.1) is 17.6 Å². The van der Waals surface area contributed by atoms with Crippen molar-refractivity contribution in [2.75, 3.05) is 13.1 Å². The molecule has 8 rings (SSSR count). The van der Waals surface area contributed by atoms with Gasteiger partial charge in [0.25, 0.3) is 11.8 Å². The number of imidazole rings is 1. The Labute approximate surface area is 533 Å². The van der Waals surface area contributed by atoms with Gasteiger partial charge in [-0.25, -0.2) is 15.0 Å². The number of terminal acetylenes is 6. The van der Waals surface area contributed by atoms with E-state index in [4.69, 9.17) is 56.4 Å². The predicted molar refractivity (Wildman–Crippen MR) is 358 cm³/mol. The first-order valence-corrected chi connectivity index (χ1v) is 29.3. The van der Waals surface area contributed by atoms with Crippen LogP contribution in [0.5, 0.6) is 0 Å². The normalized spacial score (nSPS) is 13.0. The molecule has 478 valence electrons. The molecule has 6 aromatic rings. The molecule has 0 fully saturated rings. The van der Waals surface area contributed by atoms with E-state index in [0.29, 0.717) is 34.7 Å². The predicted octanol–water partition coefficient (Wildman–Crippen LogP) is 14.0. The van der Waals surface area contributed by atoms with Gasteiger partial charge in [-0.1, -0.05) is 147 Å². The second-order valence-corrected chi connectivity index (χ2v) is 29.1. The molecule has 2 aliphatic heterocycles. The molecule has 0 spiro atoms. The Hall–Kier alpha value is -8.96. The van der Waals surface area contributed by atoms with Crippen molar-refractivity contribution in [3.63, 3.8) is 0 Å². The molecule has 89 heavy (non-hydrogen) atoms. The molecule has 8 heterocycles. The minimum absolute atomic E-state index is 0.0118. The summed E-state index contributed by atoms with van der Waals surface area (Å²) in [4.78, 5) is 38.4. The van der Waals surface area contributed by atoms with E-state index in [9.17, 15) is 9.59 Å². The topological polar surface area (TPSA) is 180 Å². The SMILES string of the molecule is C#Cc1cc(C(C)(C)C)n(C)n1.C#Cc1cc(C(C)(C)C)on1.C#Cc1nc(C(C)(C)C)cn1C.C#Cc1nc(C(C)(C)C)co1.C#Cc1ncc(C(C)(C)C)o1.C#Cc1nocc1C(C)(C)C.CC(C)(C)N1CC=CC1=O.CC(C)(C)N1CCC=CC1=O. The first kappa shape index (κ1) is 78.1. The van der Waals surface area contributed by atoms with Crippen LogP contribution < -0.4 is 0 Å². The van der Waals surface area contributed by atoms with E-state index in [1.807, 2.05) is 120 Å². The van der Waals surface area contributed by atoms with Crippen molar-refractivity contribution in [3.05, 3.63) is 130 Å². The first-order valence-electron chi connectivity index (χ1n) is 29.3. The number of aromatic nitrogens is 8. The van der Waals surface area contributed by atoms with Gasteiger partial charge in [0.2, 0.25) is 11.8 Å². The van der Waals surface area contributed by atoms with Crippen LogP contribution in [0.2, 0.25) is 0 Å². The zero-order valence-electron chi connectivity index (χ0n) is 58.3.